The van der Waals surface area contributed by atoms with Crippen LogP contribution in [0.2, 0.25) is 13.1 Å². The molecule has 58 heavy (non-hydrogen) atoms. The molecule has 10 aromatic rings. The smallest absolute Gasteiger partial charge is 1.00 e. The van der Waals surface area contributed by atoms with Gasteiger partial charge < -0.3 is 24.8 Å². The number of benzene rings is 8. The molecule has 10 aromatic carbocycles. The quantitative estimate of drug-likeness (QED) is 0.0823. The molecule has 0 N–H and O–H groups in total. The second-order valence-electron chi connectivity index (χ2n) is 16.1. The van der Waals surface area contributed by atoms with E-state index in [1.54, 1.807) is 10.4 Å². The molecule has 0 bridgehead atoms. The normalized spacial score (nSPS) is 11.7. The fraction of sp³-hybridized carbons (Fsp3) is 0.148. The summed E-state index contributed by atoms with van der Waals surface area (Å²) in [6.07, 6.45) is 4.42. The molecule has 10 rings (SSSR count). The average Bonchev–Trinajstić information content (AvgIpc) is 3.80. The van der Waals surface area contributed by atoms with Gasteiger partial charge in [0, 0.05) is 8.07 Å². The van der Waals surface area contributed by atoms with Crippen molar-refractivity contribution in [2.75, 3.05) is 0 Å². The van der Waals surface area contributed by atoms with E-state index in [1.165, 1.54) is 98.0 Å². The molecule has 0 atom stereocenters. The van der Waals surface area contributed by atoms with Crippen LogP contribution in [-0.4, -0.2) is 8.07 Å². The maximum absolute atomic E-state index is 2.67. The summed E-state index contributed by atoms with van der Waals surface area (Å²) in [5, 5.41) is 19.5. The Labute approximate surface area is 375 Å². The van der Waals surface area contributed by atoms with E-state index in [0.29, 0.717) is 0 Å². The molecular formula is C54H46Cl2SiZr. The Bertz CT molecular complexity index is 2900. The summed E-state index contributed by atoms with van der Waals surface area (Å²) in [5.74, 6) is 0. The van der Waals surface area contributed by atoms with E-state index in [4.69, 9.17) is 0 Å². The van der Waals surface area contributed by atoms with Gasteiger partial charge in [0.15, 0.2) is 0 Å². The molecule has 4 heteroatoms. The Kier molecular flexibility index (Phi) is 12.1. The van der Waals surface area contributed by atoms with Gasteiger partial charge in [0.1, 0.15) is 0 Å². The zero-order valence-electron chi connectivity index (χ0n) is 33.6. The molecule has 0 nitrogen and oxygen atoms in total. The van der Waals surface area contributed by atoms with Crippen LogP contribution < -0.4 is 35.2 Å². The summed E-state index contributed by atoms with van der Waals surface area (Å²) in [4.78, 5) is 0. The third kappa shape index (κ3) is 6.62. The second-order valence-corrected chi connectivity index (χ2v) is 20.4. The van der Waals surface area contributed by atoms with Gasteiger partial charge in [-0.3, -0.25) is 0 Å². The van der Waals surface area contributed by atoms with E-state index in [2.05, 4.69) is 185 Å². The summed E-state index contributed by atoms with van der Waals surface area (Å²) >= 11 is 0. The predicted molar refractivity (Wildman–Crippen MR) is 245 cm³/mol. The Morgan fingerprint density at radius 3 is 1.17 bits per heavy atom. The average molecular weight is 885 g/mol. The van der Waals surface area contributed by atoms with Crippen molar-refractivity contribution in [2.24, 2.45) is 0 Å². The zero-order valence-corrected chi connectivity index (χ0v) is 38.6. The fourth-order valence-corrected chi connectivity index (χ4v) is 14.3. The van der Waals surface area contributed by atoms with Gasteiger partial charge in [-0.25, -0.2) is 0 Å². The molecule has 0 amide bonds. The van der Waals surface area contributed by atoms with Crippen LogP contribution in [0.4, 0.5) is 0 Å². The Morgan fingerprint density at radius 2 is 0.776 bits per heavy atom. The van der Waals surface area contributed by atoms with Crippen LogP contribution >= 0.6 is 0 Å². The number of fused-ring (bicyclic) bond motifs is 8. The van der Waals surface area contributed by atoms with Gasteiger partial charge in [0.05, 0.1) is 0 Å². The maximum atomic E-state index is 2.67. The molecule has 0 unspecified atom stereocenters. The van der Waals surface area contributed by atoms with Crippen molar-refractivity contribution in [3.63, 3.8) is 0 Å². The molecular weight excluding hydrogens is 839 g/mol. The minimum atomic E-state index is -2.41. The Hall–Kier alpha value is -4.30. The molecule has 0 spiro atoms. The third-order valence-corrected chi connectivity index (χ3v) is 16.0. The first-order valence-corrected chi connectivity index (χ1v) is 23.2. The Morgan fingerprint density at radius 1 is 0.414 bits per heavy atom. The summed E-state index contributed by atoms with van der Waals surface area (Å²) in [7, 11) is -2.41. The minimum absolute atomic E-state index is 0. The zero-order chi connectivity index (χ0) is 37.3. The number of hydrogen-bond donors (Lipinski definition) is 0. The molecule has 0 saturated carbocycles. The Balaban J connectivity index is 0.00000171. The summed E-state index contributed by atoms with van der Waals surface area (Å²) in [5.41, 5.74) is 8.49. The van der Waals surface area contributed by atoms with E-state index >= 15 is 0 Å². The van der Waals surface area contributed by atoms with Crippen molar-refractivity contribution in [2.45, 2.75) is 52.6 Å². The maximum Gasteiger partial charge on any atom is 4.00 e. The number of halogens is 2. The van der Waals surface area contributed by atoms with Gasteiger partial charge in [-0.2, -0.15) is 10.4 Å². The van der Waals surface area contributed by atoms with Crippen molar-refractivity contribution in [3.05, 3.63) is 169 Å². The van der Waals surface area contributed by atoms with Gasteiger partial charge >= 0.3 is 26.2 Å². The number of aryl methyl sites for hydroxylation is 2. The van der Waals surface area contributed by atoms with Crippen LogP contribution in [0.15, 0.2) is 158 Å². The van der Waals surface area contributed by atoms with Gasteiger partial charge in [-0.05, 0) is 79.2 Å². The molecule has 0 radical (unpaired) electrons. The standard InChI is InChI=1S/C54H46Si.2ClH.Zr/c1-5-17-39-31-37-21-15-29-47(49-33-35-19-7-9-23-41(35)43-25-11-13-27-45(43)49)51(37)53(39)55(3,4)54-40(18-6-2)32-38-22-16-30-48(52(38)54)50-34-36-20-8-10-24-42(36)44-26-12-14-28-46(44)50;;;/h7-16,19-34H,5-6,17-18H2,1-4H3;2*1H;/q-2;;;+4/p-2. The molecule has 0 aliphatic rings. The summed E-state index contributed by atoms with van der Waals surface area (Å²) < 4.78 is 0. The summed E-state index contributed by atoms with van der Waals surface area (Å²) in [6, 6.07) is 60.0. The molecule has 0 fully saturated rings. The summed E-state index contributed by atoms with van der Waals surface area (Å²) in [6.45, 7) is 10.0. The van der Waals surface area contributed by atoms with Crippen molar-refractivity contribution >= 4 is 83.1 Å². The van der Waals surface area contributed by atoms with E-state index in [-0.39, 0.29) is 51.0 Å². The van der Waals surface area contributed by atoms with Crippen LogP contribution in [0.3, 0.4) is 0 Å². The van der Waals surface area contributed by atoms with Gasteiger partial charge in [-0.1, -0.05) is 160 Å². The monoisotopic (exact) mass is 882 g/mol. The van der Waals surface area contributed by atoms with Crippen LogP contribution in [-0.2, 0) is 39.0 Å². The number of hydrogen-bond acceptors (Lipinski definition) is 0. The van der Waals surface area contributed by atoms with Crippen molar-refractivity contribution in [1.82, 2.24) is 0 Å². The van der Waals surface area contributed by atoms with Gasteiger partial charge in [-0.15, -0.1) is 69.1 Å². The van der Waals surface area contributed by atoms with E-state index in [1.807, 2.05) is 0 Å². The van der Waals surface area contributed by atoms with Gasteiger partial charge in [0.25, 0.3) is 0 Å². The molecule has 0 aliphatic heterocycles. The van der Waals surface area contributed by atoms with Crippen LogP contribution in [0.1, 0.15) is 37.8 Å². The van der Waals surface area contributed by atoms with Crippen LogP contribution in [0.25, 0.3) is 86.9 Å². The molecule has 0 aliphatic carbocycles. The predicted octanol–water partition coefficient (Wildman–Crippen LogP) is 8.11. The van der Waals surface area contributed by atoms with Crippen LogP contribution in [0.5, 0.6) is 0 Å². The first kappa shape index (κ1) is 41.8. The van der Waals surface area contributed by atoms with Crippen molar-refractivity contribution in [3.8, 4) is 22.3 Å². The SMILES string of the molecule is CCCc1[cH-]c2cccc(-c3cc4ccccc4c4ccccc34)c2c1[Si](C)(C)c1c(CCC)[cH-]c2cccc(-c3cc4ccccc4c4ccccc34)c12.[Cl-].[Cl-].[Zr+4]. The van der Waals surface area contributed by atoms with Gasteiger partial charge in [0.2, 0.25) is 0 Å². The molecule has 0 saturated heterocycles. The van der Waals surface area contributed by atoms with Crippen molar-refractivity contribution < 1.29 is 51.0 Å². The second kappa shape index (κ2) is 16.8. The molecule has 0 aromatic heterocycles. The minimum Gasteiger partial charge on any atom is -1.00 e. The van der Waals surface area contributed by atoms with E-state index in [0.717, 1.165) is 25.7 Å². The molecule has 0 heterocycles. The van der Waals surface area contributed by atoms with Crippen LogP contribution in [0, 0.1) is 0 Å². The van der Waals surface area contributed by atoms with Crippen molar-refractivity contribution in [1.29, 1.82) is 0 Å². The largest absolute Gasteiger partial charge is 4.00 e. The fourth-order valence-electron chi connectivity index (χ4n) is 10.3. The van der Waals surface area contributed by atoms with E-state index in [9.17, 15) is 0 Å². The van der Waals surface area contributed by atoms with E-state index < -0.39 is 8.07 Å². The number of rotatable bonds is 8. The first-order valence-electron chi connectivity index (χ1n) is 20.2. The third-order valence-electron chi connectivity index (χ3n) is 12.4. The first-order chi connectivity index (χ1) is 27.0. The molecule has 284 valence electrons. The topological polar surface area (TPSA) is 0 Å².